The minimum absolute atomic E-state index is 0.240. The van der Waals surface area contributed by atoms with E-state index in [2.05, 4.69) is 15.6 Å². The van der Waals surface area contributed by atoms with Crippen LogP contribution in [0, 0.1) is 0 Å². The highest BCUT2D eigenvalue weighted by atomic mass is 32.2. The lowest BCUT2D eigenvalue weighted by Crippen LogP contribution is -2.35. The van der Waals surface area contributed by atoms with Gasteiger partial charge in [0.05, 0.1) is 11.1 Å². The number of nitrogens with zero attached hydrogens (tertiary/aromatic N) is 4. The summed E-state index contributed by atoms with van der Waals surface area (Å²) in [4.78, 5) is 12.3. The Morgan fingerprint density at radius 2 is 1.79 bits per heavy atom. The number of carbonyl (C=O) groups excluding carboxylic acids is 1. The van der Waals surface area contributed by atoms with E-state index in [1.165, 1.54) is 27.3 Å². The summed E-state index contributed by atoms with van der Waals surface area (Å²) in [5.41, 5.74) is 0.832. The number of aromatic nitrogens is 3. The number of piperidine rings is 1. The Labute approximate surface area is 140 Å². The highest BCUT2D eigenvalue weighted by Gasteiger charge is 2.25. The first-order chi connectivity index (χ1) is 11.5. The Kier molecular flexibility index (Phi) is 4.63. The van der Waals surface area contributed by atoms with Gasteiger partial charge in [-0.1, -0.05) is 11.6 Å². The molecule has 2 aromatic rings. The van der Waals surface area contributed by atoms with E-state index in [9.17, 15) is 13.2 Å². The number of rotatable bonds is 4. The Morgan fingerprint density at radius 3 is 2.38 bits per heavy atom. The fourth-order valence-electron chi connectivity index (χ4n) is 2.65. The molecule has 0 radical (unpaired) electrons. The number of hydrogen-bond acceptors (Lipinski definition) is 5. The minimum atomic E-state index is -3.46. The van der Waals surface area contributed by atoms with Crippen LogP contribution in [-0.4, -0.2) is 46.7 Å². The van der Waals surface area contributed by atoms with Crippen LogP contribution in [0.1, 0.15) is 29.8 Å². The number of amides is 1. The molecule has 0 aliphatic carbocycles. The van der Waals surface area contributed by atoms with Crippen LogP contribution < -0.4 is 5.32 Å². The molecule has 1 aliphatic heterocycles. The zero-order chi connectivity index (χ0) is 17.2. The fraction of sp³-hybridized carbons (Fsp3) is 0.400. The second kappa shape index (κ2) is 6.70. The predicted octanol–water partition coefficient (Wildman–Crippen LogP) is 1.24. The molecule has 24 heavy (non-hydrogen) atoms. The Morgan fingerprint density at radius 1 is 1.12 bits per heavy atom. The van der Waals surface area contributed by atoms with Gasteiger partial charge in [-0.25, -0.2) is 13.1 Å². The van der Waals surface area contributed by atoms with Gasteiger partial charge in [-0.15, -0.1) is 5.10 Å². The van der Waals surface area contributed by atoms with Gasteiger partial charge in [-0.3, -0.25) is 4.79 Å². The smallest absolute Gasteiger partial charge is 0.275 e. The summed E-state index contributed by atoms with van der Waals surface area (Å²) < 4.78 is 28.0. The quantitative estimate of drug-likeness (QED) is 0.896. The lowest BCUT2D eigenvalue weighted by atomic mass is 10.2. The number of anilines is 1. The van der Waals surface area contributed by atoms with Crippen LogP contribution in [0.15, 0.2) is 35.4 Å². The molecule has 128 valence electrons. The van der Waals surface area contributed by atoms with Crippen LogP contribution in [0.25, 0.3) is 0 Å². The first-order valence-electron chi connectivity index (χ1n) is 7.75. The zero-order valence-corrected chi connectivity index (χ0v) is 14.2. The van der Waals surface area contributed by atoms with Crippen molar-refractivity contribution in [2.75, 3.05) is 18.4 Å². The molecule has 1 amide bonds. The molecule has 0 unspecified atom stereocenters. The molecule has 0 spiro atoms. The molecular weight excluding hydrogens is 330 g/mol. The zero-order valence-electron chi connectivity index (χ0n) is 13.3. The van der Waals surface area contributed by atoms with Crippen molar-refractivity contribution < 1.29 is 13.2 Å². The minimum Gasteiger partial charge on any atom is -0.321 e. The monoisotopic (exact) mass is 349 g/mol. The second-order valence-corrected chi connectivity index (χ2v) is 7.62. The third kappa shape index (κ3) is 3.31. The highest BCUT2D eigenvalue weighted by molar-refractivity contribution is 7.89. The average Bonchev–Trinajstić information content (AvgIpc) is 3.02. The van der Waals surface area contributed by atoms with E-state index in [4.69, 9.17) is 0 Å². The molecule has 2 heterocycles. The maximum atomic E-state index is 12.6. The average molecular weight is 349 g/mol. The fourth-order valence-corrected chi connectivity index (χ4v) is 4.17. The third-order valence-electron chi connectivity index (χ3n) is 4.01. The molecule has 9 heteroatoms. The van der Waals surface area contributed by atoms with Crippen molar-refractivity contribution in [1.29, 1.82) is 0 Å². The highest BCUT2D eigenvalue weighted by Crippen LogP contribution is 2.22. The Hall–Kier alpha value is -2.26. The van der Waals surface area contributed by atoms with Crippen molar-refractivity contribution in [3.8, 4) is 0 Å². The number of aryl methyl sites for hydroxylation is 1. The van der Waals surface area contributed by atoms with E-state index in [-0.39, 0.29) is 10.8 Å². The van der Waals surface area contributed by atoms with Crippen LogP contribution in [0.2, 0.25) is 0 Å². The van der Waals surface area contributed by atoms with Crippen molar-refractivity contribution in [1.82, 2.24) is 19.3 Å². The molecule has 0 saturated carbocycles. The van der Waals surface area contributed by atoms with Crippen molar-refractivity contribution in [2.24, 2.45) is 7.05 Å². The molecule has 1 fully saturated rings. The normalized spacial score (nSPS) is 16.0. The SMILES string of the molecule is Cn1nncc1C(=O)Nc1ccc(S(=O)(=O)N2CCCCC2)cc1. The van der Waals surface area contributed by atoms with Gasteiger partial charge < -0.3 is 5.32 Å². The topological polar surface area (TPSA) is 97.2 Å². The van der Waals surface area contributed by atoms with Gasteiger partial charge in [0.1, 0.15) is 5.69 Å². The van der Waals surface area contributed by atoms with Gasteiger partial charge in [0.2, 0.25) is 10.0 Å². The van der Waals surface area contributed by atoms with Crippen molar-refractivity contribution >= 4 is 21.6 Å². The number of sulfonamides is 1. The molecule has 1 aromatic carbocycles. The van der Waals surface area contributed by atoms with Crippen molar-refractivity contribution in [2.45, 2.75) is 24.2 Å². The van der Waals surface area contributed by atoms with Crippen LogP contribution in [0.4, 0.5) is 5.69 Å². The standard InChI is InChI=1S/C15H19N5O3S/c1-19-14(11-16-18-19)15(21)17-12-5-7-13(8-6-12)24(22,23)20-9-3-2-4-10-20/h5-8,11H,2-4,9-10H2,1H3,(H,17,21). The van der Waals surface area contributed by atoms with Gasteiger partial charge in [0, 0.05) is 25.8 Å². The summed E-state index contributed by atoms with van der Waals surface area (Å²) in [5.74, 6) is -0.353. The lowest BCUT2D eigenvalue weighted by molar-refractivity contribution is 0.101. The molecule has 0 atom stereocenters. The van der Waals surface area contributed by atoms with E-state index in [0.29, 0.717) is 24.5 Å². The summed E-state index contributed by atoms with van der Waals surface area (Å²) in [6.07, 6.45) is 4.22. The summed E-state index contributed by atoms with van der Waals surface area (Å²) >= 11 is 0. The van der Waals surface area contributed by atoms with Crippen LogP contribution in [0.5, 0.6) is 0 Å². The maximum Gasteiger partial charge on any atom is 0.275 e. The molecule has 8 nitrogen and oxygen atoms in total. The van der Waals surface area contributed by atoms with Crippen LogP contribution in [-0.2, 0) is 17.1 Å². The first-order valence-corrected chi connectivity index (χ1v) is 9.19. The van der Waals surface area contributed by atoms with E-state index >= 15 is 0 Å². The number of carbonyl (C=O) groups is 1. The van der Waals surface area contributed by atoms with Gasteiger partial charge in [0.15, 0.2) is 0 Å². The first kappa shape index (κ1) is 16.6. The maximum absolute atomic E-state index is 12.6. The summed E-state index contributed by atoms with van der Waals surface area (Å²) in [6.45, 7) is 1.13. The van der Waals surface area contributed by atoms with Crippen LogP contribution >= 0.6 is 0 Å². The third-order valence-corrected chi connectivity index (χ3v) is 5.92. The van der Waals surface area contributed by atoms with Gasteiger partial charge in [0.25, 0.3) is 5.91 Å². The molecule has 1 aromatic heterocycles. The van der Waals surface area contributed by atoms with Gasteiger partial charge >= 0.3 is 0 Å². The predicted molar refractivity (Wildman–Crippen MR) is 88.0 cm³/mol. The largest absolute Gasteiger partial charge is 0.321 e. The Balaban J connectivity index is 1.73. The molecule has 1 saturated heterocycles. The van der Waals surface area contributed by atoms with Gasteiger partial charge in [-0.05, 0) is 37.1 Å². The molecule has 1 N–H and O–H groups in total. The van der Waals surface area contributed by atoms with E-state index in [0.717, 1.165) is 19.3 Å². The number of nitrogens with one attached hydrogen (secondary N) is 1. The summed E-state index contributed by atoms with van der Waals surface area (Å²) in [6, 6.07) is 6.19. The van der Waals surface area contributed by atoms with Crippen LogP contribution in [0.3, 0.4) is 0 Å². The molecule has 3 rings (SSSR count). The van der Waals surface area contributed by atoms with Crippen molar-refractivity contribution in [3.05, 3.63) is 36.2 Å². The second-order valence-electron chi connectivity index (χ2n) is 5.69. The number of hydrogen-bond donors (Lipinski definition) is 1. The molecular formula is C15H19N5O3S. The number of benzene rings is 1. The summed E-state index contributed by atoms with van der Waals surface area (Å²) in [7, 11) is -1.84. The van der Waals surface area contributed by atoms with E-state index < -0.39 is 10.0 Å². The lowest BCUT2D eigenvalue weighted by Gasteiger charge is -2.25. The van der Waals surface area contributed by atoms with E-state index in [1.807, 2.05) is 0 Å². The van der Waals surface area contributed by atoms with Crippen molar-refractivity contribution in [3.63, 3.8) is 0 Å². The Bertz CT molecular complexity index is 823. The molecule has 0 bridgehead atoms. The van der Waals surface area contributed by atoms with E-state index in [1.54, 1.807) is 19.2 Å². The van der Waals surface area contributed by atoms with Gasteiger partial charge in [-0.2, -0.15) is 4.31 Å². The summed E-state index contributed by atoms with van der Waals surface area (Å²) in [5, 5.41) is 10.0. The molecule has 1 aliphatic rings.